The van der Waals surface area contributed by atoms with Crippen LogP contribution in [0.25, 0.3) is 11.4 Å². The minimum Gasteiger partial charge on any atom is -0.419 e. The van der Waals surface area contributed by atoms with Crippen molar-refractivity contribution in [3.8, 4) is 22.9 Å². The third-order valence-corrected chi connectivity index (χ3v) is 4.22. The summed E-state index contributed by atoms with van der Waals surface area (Å²) in [5, 5.41) is 10.7. The van der Waals surface area contributed by atoms with Gasteiger partial charge >= 0.3 is 11.9 Å². The number of nitrogens with one attached hydrogen (secondary N) is 2. The molecule has 2 aromatic rings. The highest BCUT2D eigenvalue weighted by Crippen LogP contribution is 2.43. The number of rotatable bonds is 5. The second-order valence-electron chi connectivity index (χ2n) is 6.00. The number of hydrogen-bond acceptors (Lipinski definition) is 9. The number of aromatic nitrogens is 3. The number of carbonyl (C=O) groups excluding carboxylic acids is 2. The van der Waals surface area contributed by atoms with Crippen molar-refractivity contribution in [3.05, 3.63) is 30.6 Å². The quantitative estimate of drug-likeness (QED) is 0.574. The van der Waals surface area contributed by atoms with Crippen LogP contribution in [0, 0.1) is 0 Å². The largest absolute Gasteiger partial charge is 0.419 e. The standard InChI is InChI=1S/C18H18N6O4/c1-2-24-18(22-10-23-24)16-11(21-9-13-19-7-8-20-13)3-4-12-17(16)28-15(26)6-5-14(25)27-12/h3-6,10,21H,2,7-9H2,1H3,(H,19,20)/b6-5+. The number of aryl methyl sites for hydroxylation is 1. The fourth-order valence-electron chi connectivity index (χ4n) is 2.96. The second-order valence-corrected chi connectivity index (χ2v) is 6.00. The number of aliphatic imine (C=N–C) groups is 1. The number of amidine groups is 1. The first kappa shape index (κ1) is 17.7. The Bertz CT molecular complexity index is 994. The smallest absolute Gasteiger partial charge is 0.336 e. The Morgan fingerprint density at radius 3 is 2.79 bits per heavy atom. The lowest BCUT2D eigenvalue weighted by atomic mass is 10.1. The van der Waals surface area contributed by atoms with Crippen LogP contribution in [-0.4, -0.2) is 52.2 Å². The Morgan fingerprint density at radius 2 is 2.04 bits per heavy atom. The third-order valence-electron chi connectivity index (χ3n) is 4.22. The van der Waals surface area contributed by atoms with E-state index in [1.807, 2.05) is 6.92 Å². The number of nitrogens with zero attached hydrogens (tertiary/aromatic N) is 4. The highest BCUT2D eigenvalue weighted by atomic mass is 16.6. The summed E-state index contributed by atoms with van der Waals surface area (Å²) in [7, 11) is 0. The molecular formula is C18H18N6O4. The van der Waals surface area contributed by atoms with Crippen LogP contribution >= 0.6 is 0 Å². The van der Waals surface area contributed by atoms with Crippen molar-refractivity contribution >= 4 is 23.5 Å². The molecule has 2 N–H and O–H groups in total. The number of ether oxygens (including phenoxy) is 2. The number of esters is 2. The zero-order valence-electron chi connectivity index (χ0n) is 15.1. The van der Waals surface area contributed by atoms with E-state index in [2.05, 4.69) is 25.7 Å². The lowest BCUT2D eigenvalue weighted by Crippen LogP contribution is -2.26. The van der Waals surface area contributed by atoms with E-state index in [9.17, 15) is 9.59 Å². The molecule has 0 spiro atoms. The summed E-state index contributed by atoms with van der Waals surface area (Å²) in [6.45, 7) is 4.47. The zero-order valence-corrected chi connectivity index (χ0v) is 15.1. The molecule has 0 unspecified atom stereocenters. The highest BCUT2D eigenvalue weighted by molar-refractivity contribution is 5.98. The van der Waals surface area contributed by atoms with Gasteiger partial charge in [-0.15, -0.1) is 0 Å². The summed E-state index contributed by atoms with van der Waals surface area (Å²) < 4.78 is 12.5. The van der Waals surface area contributed by atoms with Crippen LogP contribution in [0.3, 0.4) is 0 Å². The van der Waals surface area contributed by atoms with Gasteiger partial charge in [-0.25, -0.2) is 19.3 Å². The Balaban J connectivity index is 1.82. The monoisotopic (exact) mass is 382 g/mol. The van der Waals surface area contributed by atoms with Gasteiger partial charge in [0.1, 0.15) is 12.2 Å². The number of benzene rings is 1. The fraction of sp³-hybridized carbons (Fsp3) is 0.278. The summed E-state index contributed by atoms with van der Waals surface area (Å²) >= 11 is 0. The minimum atomic E-state index is -0.680. The Hall–Kier alpha value is -3.69. The average Bonchev–Trinajstić information content (AvgIpc) is 3.36. The molecule has 10 nitrogen and oxygen atoms in total. The molecule has 0 saturated heterocycles. The van der Waals surface area contributed by atoms with Gasteiger partial charge in [0, 0.05) is 30.9 Å². The van der Waals surface area contributed by atoms with Gasteiger partial charge in [-0.05, 0) is 19.1 Å². The molecule has 3 heterocycles. The lowest BCUT2D eigenvalue weighted by Gasteiger charge is -2.19. The summed E-state index contributed by atoms with van der Waals surface area (Å²) in [5.41, 5.74) is 1.12. The summed E-state index contributed by atoms with van der Waals surface area (Å²) in [6.07, 6.45) is 3.47. The minimum absolute atomic E-state index is 0.108. The van der Waals surface area contributed by atoms with Crippen LogP contribution in [0.1, 0.15) is 6.92 Å². The summed E-state index contributed by atoms with van der Waals surface area (Å²) in [5.74, 6) is 0.214. The van der Waals surface area contributed by atoms with Gasteiger partial charge in [-0.3, -0.25) is 4.99 Å². The molecule has 1 aromatic heterocycles. The van der Waals surface area contributed by atoms with Crippen molar-refractivity contribution in [2.75, 3.05) is 25.0 Å². The maximum atomic E-state index is 12.1. The van der Waals surface area contributed by atoms with Crippen molar-refractivity contribution in [3.63, 3.8) is 0 Å². The van der Waals surface area contributed by atoms with Gasteiger partial charge in [0.15, 0.2) is 17.3 Å². The maximum absolute atomic E-state index is 12.1. The number of anilines is 1. The fourth-order valence-corrected chi connectivity index (χ4v) is 2.96. The molecule has 0 atom stereocenters. The molecule has 0 aliphatic carbocycles. The van der Waals surface area contributed by atoms with Gasteiger partial charge in [-0.1, -0.05) is 0 Å². The highest BCUT2D eigenvalue weighted by Gasteiger charge is 2.26. The van der Waals surface area contributed by atoms with E-state index in [0.29, 0.717) is 30.2 Å². The Kier molecular flexibility index (Phi) is 4.75. The van der Waals surface area contributed by atoms with E-state index < -0.39 is 11.9 Å². The molecule has 0 bridgehead atoms. The molecule has 10 heteroatoms. The zero-order chi connectivity index (χ0) is 19.5. The summed E-state index contributed by atoms with van der Waals surface area (Å²) in [6, 6.07) is 3.31. The number of hydrogen-bond donors (Lipinski definition) is 2. The van der Waals surface area contributed by atoms with Gasteiger partial charge in [-0.2, -0.15) is 5.10 Å². The van der Waals surface area contributed by atoms with Gasteiger partial charge in [0.25, 0.3) is 0 Å². The number of carbonyl (C=O) groups is 2. The molecular weight excluding hydrogens is 364 g/mol. The predicted molar refractivity (Wildman–Crippen MR) is 100 cm³/mol. The SMILES string of the molecule is CCn1ncnc1-c1c(NCC2=NCCN2)ccc2c1OC(=O)/C=C/C(=O)O2. The first-order chi connectivity index (χ1) is 13.7. The molecule has 0 amide bonds. The maximum Gasteiger partial charge on any atom is 0.336 e. The lowest BCUT2D eigenvalue weighted by molar-refractivity contribution is -0.133. The van der Waals surface area contributed by atoms with Crippen molar-refractivity contribution in [2.45, 2.75) is 13.5 Å². The predicted octanol–water partition coefficient (Wildman–Crippen LogP) is 0.759. The van der Waals surface area contributed by atoms with E-state index in [1.54, 1.807) is 16.8 Å². The molecule has 28 heavy (non-hydrogen) atoms. The molecule has 2 aliphatic heterocycles. The van der Waals surface area contributed by atoms with Crippen LogP contribution in [0.5, 0.6) is 11.5 Å². The number of fused-ring (bicyclic) bond motifs is 1. The van der Waals surface area contributed by atoms with Crippen molar-refractivity contribution < 1.29 is 19.1 Å². The van der Waals surface area contributed by atoms with E-state index in [0.717, 1.165) is 31.1 Å². The van der Waals surface area contributed by atoms with Crippen LogP contribution in [0.4, 0.5) is 5.69 Å². The normalized spacial score (nSPS) is 16.8. The first-order valence-corrected chi connectivity index (χ1v) is 8.83. The first-order valence-electron chi connectivity index (χ1n) is 8.83. The van der Waals surface area contributed by atoms with E-state index in [-0.39, 0.29) is 11.5 Å². The molecule has 0 saturated carbocycles. The topological polar surface area (TPSA) is 120 Å². The summed E-state index contributed by atoms with van der Waals surface area (Å²) in [4.78, 5) is 32.6. The molecule has 0 radical (unpaired) electrons. The van der Waals surface area contributed by atoms with E-state index in [4.69, 9.17) is 9.47 Å². The van der Waals surface area contributed by atoms with E-state index in [1.165, 1.54) is 6.33 Å². The molecule has 144 valence electrons. The van der Waals surface area contributed by atoms with Crippen molar-refractivity contribution in [1.82, 2.24) is 20.1 Å². The molecule has 4 rings (SSSR count). The van der Waals surface area contributed by atoms with Crippen LogP contribution in [-0.2, 0) is 16.1 Å². The molecule has 1 aromatic carbocycles. The molecule has 2 aliphatic rings. The van der Waals surface area contributed by atoms with Gasteiger partial charge < -0.3 is 20.1 Å². The average molecular weight is 382 g/mol. The van der Waals surface area contributed by atoms with Crippen molar-refractivity contribution in [1.29, 1.82) is 0 Å². The second kappa shape index (κ2) is 7.51. The van der Waals surface area contributed by atoms with Crippen LogP contribution in [0.2, 0.25) is 0 Å². The Labute approximate surface area is 160 Å². The van der Waals surface area contributed by atoms with Crippen molar-refractivity contribution in [2.24, 2.45) is 4.99 Å². The Morgan fingerprint density at radius 1 is 1.21 bits per heavy atom. The third kappa shape index (κ3) is 3.43. The van der Waals surface area contributed by atoms with Crippen LogP contribution < -0.4 is 20.1 Å². The van der Waals surface area contributed by atoms with Gasteiger partial charge in [0.2, 0.25) is 0 Å². The van der Waals surface area contributed by atoms with Gasteiger partial charge in [0.05, 0.1) is 18.7 Å². The molecule has 0 fully saturated rings. The van der Waals surface area contributed by atoms with E-state index >= 15 is 0 Å². The van der Waals surface area contributed by atoms with Crippen LogP contribution in [0.15, 0.2) is 35.6 Å².